The number of ether oxygens (including phenoxy) is 2. The fourth-order valence-corrected chi connectivity index (χ4v) is 5.09. The zero-order valence-electron chi connectivity index (χ0n) is 17.6. The predicted octanol–water partition coefficient (Wildman–Crippen LogP) is 4.57. The van der Waals surface area contributed by atoms with E-state index in [0.29, 0.717) is 13.2 Å². The van der Waals surface area contributed by atoms with Crippen molar-refractivity contribution in [3.63, 3.8) is 0 Å². The van der Waals surface area contributed by atoms with E-state index < -0.39 is 0 Å². The molecule has 1 heterocycles. The first-order valence-corrected chi connectivity index (χ1v) is 12.0. The number of nitrogens with zero attached hydrogens (tertiary/aromatic N) is 2. The highest BCUT2D eigenvalue weighted by Crippen LogP contribution is 2.38. The lowest BCUT2D eigenvalue weighted by molar-refractivity contribution is -0.132. The van der Waals surface area contributed by atoms with Gasteiger partial charge in [-0.1, -0.05) is 40.2 Å². The molecule has 1 fully saturated rings. The number of amides is 1. The molecule has 7 heteroatoms. The standard InChI is InChI=1S/C23H29BrN2O3S/c1-28-14-3-12-25(16-18-4-8-20(24)9-5-18)17-22(27)26-13-15-30-23(26)19-6-10-21(29-2)11-7-19/h4-11,23H,3,12-17H2,1-2H3. The van der Waals surface area contributed by atoms with E-state index in [-0.39, 0.29) is 11.3 Å². The average Bonchev–Trinajstić information content (AvgIpc) is 3.25. The number of thioether (sulfide) groups is 1. The smallest absolute Gasteiger partial charge is 0.237 e. The summed E-state index contributed by atoms with van der Waals surface area (Å²) in [7, 11) is 3.38. The van der Waals surface area contributed by atoms with Crippen LogP contribution in [-0.2, 0) is 16.1 Å². The molecule has 3 rings (SSSR count). The van der Waals surface area contributed by atoms with E-state index in [1.54, 1.807) is 14.2 Å². The van der Waals surface area contributed by atoms with Gasteiger partial charge in [-0.05, 0) is 41.8 Å². The summed E-state index contributed by atoms with van der Waals surface area (Å²) in [6.45, 7) is 3.46. The molecule has 0 bridgehead atoms. The zero-order chi connectivity index (χ0) is 21.3. The number of carbonyl (C=O) groups excluding carboxylic acids is 1. The summed E-state index contributed by atoms with van der Waals surface area (Å²) in [6, 6.07) is 16.3. The van der Waals surface area contributed by atoms with Crippen LogP contribution in [-0.4, -0.2) is 61.9 Å². The van der Waals surface area contributed by atoms with Gasteiger partial charge in [-0.2, -0.15) is 0 Å². The van der Waals surface area contributed by atoms with Crippen molar-refractivity contribution in [1.29, 1.82) is 0 Å². The number of carbonyl (C=O) groups is 1. The fraction of sp³-hybridized carbons (Fsp3) is 0.435. The van der Waals surface area contributed by atoms with E-state index in [1.807, 2.05) is 40.9 Å². The first kappa shape index (κ1) is 23.1. The maximum atomic E-state index is 13.2. The van der Waals surface area contributed by atoms with Crippen LogP contribution in [0.25, 0.3) is 0 Å². The summed E-state index contributed by atoms with van der Waals surface area (Å²) in [5, 5.41) is 0.0666. The van der Waals surface area contributed by atoms with Crippen molar-refractivity contribution in [2.45, 2.75) is 18.3 Å². The second-order valence-corrected chi connectivity index (χ2v) is 9.37. The van der Waals surface area contributed by atoms with Crippen molar-refractivity contribution in [1.82, 2.24) is 9.80 Å². The van der Waals surface area contributed by atoms with E-state index in [9.17, 15) is 4.79 Å². The number of methoxy groups -OCH3 is 2. The molecule has 2 aromatic carbocycles. The van der Waals surface area contributed by atoms with Gasteiger partial charge in [-0.3, -0.25) is 9.69 Å². The Kier molecular flexibility index (Phi) is 9.05. The summed E-state index contributed by atoms with van der Waals surface area (Å²) >= 11 is 5.30. The van der Waals surface area contributed by atoms with Gasteiger partial charge in [0, 0.05) is 43.6 Å². The molecule has 5 nitrogen and oxygen atoms in total. The summed E-state index contributed by atoms with van der Waals surface area (Å²) < 4.78 is 11.5. The third-order valence-corrected chi connectivity index (χ3v) is 6.90. The Morgan fingerprint density at radius 1 is 1.17 bits per heavy atom. The van der Waals surface area contributed by atoms with Gasteiger partial charge in [0.15, 0.2) is 0 Å². The van der Waals surface area contributed by atoms with Crippen LogP contribution in [0.2, 0.25) is 0 Å². The molecule has 1 unspecified atom stereocenters. The molecule has 1 amide bonds. The minimum Gasteiger partial charge on any atom is -0.497 e. The van der Waals surface area contributed by atoms with Crippen molar-refractivity contribution in [3.05, 3.63) is 64.1 Å². The Morgan fingerprint density at radius 3 is 2.57 bits per heavy atom. The van der Waals surface area contributed by atoms with Crippen molar-refractivity contribution in [3.8, 4) is 5.75 Å². The summed E-state index contributed by atoms with van der Waals surface area (Å²) in [4.78, 5) is 17.5. The molecular weight excluding hydrogens is 464 g/mol. The van der Waals surface area contributed by atoms with Crippen LogP contribution >= 0.6 is 27.7 Å². The summed E-state index contributed by atoms with van der Waals surface area (Å²) in [5.74, 6) is 1.97. The van der Waals surface area contributed by atoms with Crippen LogP contribution in [0.4, 0.5) is 0 Å². The molecule has 1 aliphatic heterocycles. The molecule has 0 N–H and O–H groups in total. The molecule has 1 saturated heterocycles. The number of rotatable bonds is 10. The molecule has 1 aliphatic rings. The van der Waals surface area contributed by atoms with Crippen molar-refractivity contribution in [2.75, 3.05) is 46.2 Å². The number of halogens is 1. The van der Waals surface area contributed by atoms with Crippen molar-refractivity contribution >= 4 is 33.6 Å². The van der Waals surface area contributed by atoms with Gasteiger partial charge in [0.25, 0.3) is 0 Å². The highest BCUT2D eigenvalue weighted by atomic mass is 79.9. The SMILES string of the molecule is COCCCN(CC(=O)N1CCSC1c1ccc(OC)cc1)Cc1ccc(Br)cc1. The molecule has 2 aromatic rings. The molecule has 0 saturated carbocycles. The number of hydrogen-bond acceptors (Lipinski definition) is 5. The Labute approximate surface area is 191 Å². The van der Waals surface area contributed by atoms with Crippen LogP contribution < -0.4 is 4.74 Å². The van der Waals surface area contributed by atoms with Gasteiger partial charge in [0.2, 0.25) is 5.91 Å². The third kappa shape index (κ3) is 6.48. The van der Waals surface area contributed by atoms with Gasteiger partial charge in [-0.25, -0.2) is 0 Å². The minimum atomic E-state index is 0.0666. The van der Waals surface area contributed by atoms with Crippen LogP contribution in [0.15, 0.2) is 53.0 Å². The van der Waals surface area contributed by atoms with Crippen molar-refractivity contribution in [2.24, 2.45) is 0 Å². The minimum absolute atomic E-state index is 0.0666. The van der Waals surface area contributed by atoms with Gasteiger partial charge in [0.05, 0.1) is 13.7 Å². The lowest BCUT2D eigenvalue weighted by Gasteiger charge is -2.28. The molecule has 30 heavy (non-hydrogen) atoms. The Hall–Kier alpha value is -1.54. The topological polar surface area (TPSA) is 42.0 Å². The molecular formula is C23H29BrN2O3S. The molecule has 0 aliphatic carbocycles. The van der Waals surface area contributed by atoms with Gasteiger partial charge >= 0.3 is 0 Å². The van der Waals surface area contributed by atoms with Gasteiger partial charge in [-0.15, -0.1) is 11.8 Å². The molecule has 0 radical (unpaired) electrons. The summed E-state index contributed by atoms with van der Waals surface area (Å²) in [5.41, 5.74) is 2.34. The molecule has 0 aromatic heterocycles. The molecule has 162 valence electrons. The second kappa shape index (κ2) is 11.7. The summed E-state index contributed by atoms with van der Waals surface area (Å²) in [6.07, 6.45) is 0.900. The van der Waals surface area contributed by atoms with Crippen LogP contribution in [0.3, 0.4) is 0 Å². The van der Waals surface area contributed by atoms with E-state index in [1.165, 1.54) is 5.56 Å². The lowest BCUT2D eigenvalue weighted by atomic mass is 10.2. The van der Waals surface area contributed by atoms with Crippen molar-refractivity contribution < 1.29 is 14.3 Å². The van der Waals surface area contributed by atoms with Crippen LogP contribution in [0.1, 0.15) is 22.9 Å². The zero-order valence-corrected chi connectivity index (χ0v) is 20.0. The maximum absolute atomic E-state index is 13.2. The normalized spacial score (nSPS) is 16.3. The van der Waals surface area contributed by atoms with E-state index >= 15 is 0 Å². The fourth-order valence-electron chi connectivity index (χ4n) is 3.55. The van der Waals surface area contributed by atoms with Crippen LogP contribution in [0.5, 0.6) is 5.75 Å². The highest BCUT2D eigenvalue weighted by Gasteiger charge is 2.31. The van der Waals surface area contributed by atoms with E-state index in [0.717, 1.165) is 47.6 Å². The highest BCUT2D eigenvalue weighted by molar-refractivity contribution is 9.10. The van der Waals surface area contributed by atoms with Gasteiger partial charge < -0.3 is 14.4 Å². The van der Waals surface area contributed by atoms with E-state index in [4.69, 9.17) is 9.47 Å². The quantitative estimate of drug-likeness (QED) is 0.454. The first-order valence-electron chi connectivity index (χ1n) is 10.1. The van der Waals surface area contributed by atoms with Crippen LogP contribution in [0, 0.1) is 0 Å². The molecule has 1 atom stereocenters. The third-order valence-electron chi connectivity index (χ3n) is 5.11. The Bertz CT molecular complexity index is 801. The van der Waals surface area contributed by atoms with E-state index in [2.05, 4.69) is 45.1 Å². The largest absolute Gasteiger partial charge is 0.497 e. The average molecular weight is 493 g/mol. The predicted molar refractivity (Wildman–Crippen MR) is 126 cm³/mol. The Balaban J connectivity index is 1.66. The first-order chi connectivity index (χ1) is 14.6. The Morgan fingerprint density at radius 2 is 1.90 bits per heavy atom. The van der Waals surface area contributed by atoms with Gasteiger partial charge in [0.1, 0.15) is 11.1 Å². The lowest BCUT2D eigenvalue weighted by Crippen LogP contribution is -2.40. The maximum Gasteiger partial charge on any atom is 0.237 e. The number of hydrogen-bond donors (Lipinski definition) is 0. The second-order valence-electron chi connectivity index (χ2n) is 7.27. The monoisotopic (exact) mass is 492 g/mol. The molecule has 0 spiro atoms. The number of benzene rings is 2.